The predicted molar refractivity (Wildman–Crippen MR) is 76.0 cm³/mol. The zero-order chi connectivity index (χ0) is 16.3. The van der Waals surface area contributed by atoms with E-state index in [0.717, 1.165) is 0 Å². The monoisotopic (exact) mass is 351 g/mol. The molecule has 22 heavy (non-hydrogen) atoms. The van der Waals surface area contributed by atoms with Crippen LogP contribution >= 0.6 is 23.2 Å². The van der Waals surface area contributed by atoms with Crippen LogP contribution in [0.1, 0.15) is 16.1 Å². The molecule has 0 aliphatic heterocycles. The van der Waals surface area contributed by atoms with Crippen molar-refractivity contribution >= 4 is 29.1 Å². The summed E-state index contributed by atoms with van der Waals surface area (Å²) >= 11 is 11.5. The molecule has 2 rings (SSSR count). The highest BCUT2D eigenvalue weighted by molar-refractivity contribution is 6.42. The van der Waals surface area contributed by atoms with Gasteiger partial charge in [-0.1, -0.05) is 23.2 Å². The SMILES string of the molecule is O=C(c1ccc(Cl)c(Cl)c1)N(Cc1ccco1)CC(F)(F)F. The summed E-state index contributed by atoms with van der Waals surface area (Å²) in [7, 11) is 0. The molecule has 1 aromatic carbocycles. The molecule has 8 heteroatoms. The minimum absolute atomic E-state index is 0.0187. The van der Waals surface area contributed by atoms with E-state index in [-0.39, 0.29) is 27.9 Å². The number of nitrogens with zero attached hydrogens (tertiary/aromatic N) is 1. The van der Waals surface area contributed by atoms with Crippen LogP contribution in [0, 0.1) is 0 Å². The van der Waals surface area contributed by atoms with Crippen LogP contribution in [0.4, 0.5) is 13.2 Å². The molecule has 0 unspecified atom stereocenters. The number of halogens is 5. The Bertz CT molecular complexity index is 657. The number of alkyl halides is 3. The Labute approximate surface area is 134 Å². The van der Waals surface area contributed by atoms with Gasteiger partial charge in [0.1, 0.15) is 12.3 Å². The minimum Gasteiger partial charge on any atom is -0.467 e. The smallest absolute Gasteiger partial charge is 0.406 e. The maximum absolute atomic E-state index is 12.7. The van der Waals surface area contributed by atoms with Crippen LogP contribution < -0.4 is 0 Å². The number of hydrogen-bond donors (Lipinski definition) is 0. The molecule has 0 saturated heterocycles. The second-order valence-electron chi connectivity index (χ2n) is 4.48. The fourth-order valence-electron chi connectivity index (χ4n) is 1.82. The lowest BCUT2D eigenvalue weighted by molar-refractivity contribution is -0.142. The van der Waals surface area contributed by atoms with E-state index >= 15 is 0 Å². The molecule has 2 aromatic rings. The molecule has 0 saturated carbocycles. The summed E-state index contributed by atoms with van der Waals surface area (Å²) in [5, 5.41) is 0.309. The van der Waals surface area contributed by atoms with Gasteiger partial charge < -0.3 is 9.32 Å². The Morgan fingerprint density at radius 1 is 1.18 bits per heavy atom. The third kappa shape index (κ3) is 4.42. The van der Waals surface area contributed by atoms with Gasteiger partial charge in [0.05, 0.1) is 22.9 Å². The van der Waals surface area contributed by atoms with Crippen LogP contribution in [-0.2, 0) is 6.54 Å². The van der Waals surface area contributed by atoms with Gasteiger partial charge in [-0.05, 0) is 30.3 Å². The summed E-state index contributed by atoms with van der Waals surface area (Å²) in [5.41, 5.74) is 0.0187. The van der Waals surface area contributed by atoms with Crippen LogP contribution in [0.15, 0.2) is 41.0 Å². The molecule has 0 fully saturated rings. The predicted octanol–water partition coefficient (Wildman–Crippen LogP) is 4.79. The van der Waals surface area contributed by atoms with Crippen molar-refractivity contribution in [3.05, 3.63) is 58.0 Å². The summed E-state index contributed by atoms with van der Waals surface area (Å²) in [4.78, 5) is 12.9. The van der Waals surface area contributed by atoms with Crippen LogP contribution in [-0.4, -0.2) is 23.5 Å². The summed E-state index contributed by atoms with van der Waals surface area (Å²) in [6.45, 7) is -1.70. The standard InChI is InChI=1S/C14H10Cl2F3NO2/c15-11-4-3-9(6-12(11)16)13(21)20(8-14(17,18)19)7-10-2-1-5-22-10/h1-6H,7-8H2. The normalized spacial score (nSPS) is 11.5. The second-order valence-corrected chi connectivity index (χ2v) is 5.30. The molecule has 0 aliphatic carbocycles. The average Bonchev–Trinajstić information content (AvgIpc) is 2.92. The van der Waals surface area contributed by atoms with Crippen LogP contribution in [0.2, 0.25) is 10.0 Å². The van der Waals surface area contributed by atoms with Crippen molar-refractivity contribution in [2.75, 3.05) is 6.54 Å². The van der Waals surface area contributed by atoms with Crippen LogP contribution in [0.5, 0.6) is 0 Å². The number of carbonyl (C=O) groups excluding carboxylic acids is 1. The van der Waals surface area contributed by atoms with Gasteiger partial charge in [-0.15, -0.1) is 0 Å². The van der Waals surface area contributed by atoms with Gasteiger partial charge in [0.15, 0.2) is 0 Å². The quantitative estimate of drug-likeness (QED) is 0.793. The second kappa shape index (κ2) is 6.62. The van der Waals surface area contributed by atoms with E-state index in [1.807, 2.05) is 0 Å². The Kier molecular flexibility index (Phi) is 5.03. The summed E-state index contributed by atoms with van der Waals surface area (Å²) in [6.07, 6.45) is -3.21. The molecular weight excluding hydrogens is 342 g/mol. The van der Waals surface area contributed by atoms with Crippen molar-refractivity contribution in [1.29, 1.82) is 0 Å². The van der Waals surface area contributed by atoms with E-state index in [2.05, 4.69) is 0 Å². The van der Waals surface area contributed by atoms with E-state index in [4.69, 9.17) is 27.6 Å². The van der Waals surface area contributed by atoms with E-state index in [9.17, 15) is 18.0 Å². The molecule has 0 spiro atoms. The first-order chi connectivity index (χ1) is 10.3. The molecule has 1 aromatic heterocycles. The molecule has 0 N–H and O–H groups in total. The fourth-order valence-corrected chi connectivity index (χ4v) is 2.12. The molecule has 0 bridgehead atoms. The third-order valence-corrected chi connectivity index (χ3v) is 3.49. The topological polar surface area (TPSA) is 33.5 Å². The fraction of sp³-hybridized carbons (Fsp3) is 0.214. The zero-order valence-electron chi connectivity index (χ0n) is 11.0. The third-order valence-electron chi connectivity index (χ3n) is 2.75. The summed E-state index contributed by atoms with van der Waals surface area (Å²) in [6, 6.07) is 6.94. The Hall–Kier alpha value is -1.66. The Morgan fingerprint density at radius 3 is 2.45 bits per heavy atom. The molecule has 0 aliphatic rings. The number of hydrogen-bond acceptors (Lipinski definition) is 2. The Balaban J connectivity index is 2.26. The molecule has 3 nitrogen and oxygen atoms in total. The van der Waals surface area contributed by atoms with E-state index in [1.165, 1.54) is 36.6 Å². The van der Waals surface area contributed by atoms with Gasteiger partial charge in [-0.2, -0.15) is 13.2 Å². The molecular formula is C14H10Cl2F3NO2. The lowest BCUT2D eigenvalue weighted by Gasteiger charge is -2.23. The molecule has 0 atom stereocenters. The average molecular weight is 352 g/mol. The largest absolute Gasteiger partial charge is 0.467 e. The molecule has 0 radical (unpaired) electrons. The van der Waals surface area contributed by atoms with Crippen molar-refractivity contribution in [2.45, 2.75) is 12.7 Å². The van der Waals surface area contributed by atoms with Gasteiger partial charge in [-0.3, -0.25) is 4.79 Å². The van der Waals surface area contributed by atoms with Crippen molar-refractivity contribution < 1.29 is 22.4 Å². The van der Waals surface area contributed by atoms with Gasteiger partial charge in [0.25, 0.3) is 5.91 Å². The number of benzene rings is 1. The molecule has 118 valence electrons. The van der Waals surface area contributed by atoms with Crippen molar-refractivity contribution in [3.8, 4) is 0 Å². The first kappa shape index (κ1) is 16.7. The zero-order valence-corrected chi connectivity index (χ0v) is 12.5. The highest BCUT2D eigenvalue weighted by Crippen LogP contribution is 2.25. The lowest BCUT2D eigenvalue weighted by atomic mass is 10.2. The van der Waals surface area contributed by atoms with Crippen molar-refractivity contribution in [2.24, 2.45) is 0 Å². The van der Waals surface area contributed by atoms with Gasteiger partial charge in [0.2, 0.25) is 0 Å². The maximum Gasteiger partial charge on any atom is 0.406 e. The first-order valence-electron chi connectivity index (χ1n) is 6.10. The minimum atomic E-state index is -4.53. The lowest BCUT2D eigenvalue weighted by Crippen LogP contribution is -2.38. The van der Waals surface area contributed by atoms with Crippen LogP contribution in [0.25, 0.3) is 0 Å². The number of carbonyl (C=O) groups is 1. The summed E-state index contributed by atoms with van der Waals surface area (Å²) < 4.78 is 43.0. The maximum atomic E-state index is 12.7. The van der Waals surface area contributed by atoms with E-state index < -0.39 is 18.6 Å². The molecule has 1 amide bonds. The van der Waals surface area contributed by atoms with Crippen molar-refractivity contribution in [3.63, 3.8) is 0 Å². The van der Waals surface area contributed by atoms with Gasteiger partial charge in [0, 0.05) is 5.56 Å². The Morgan fingerprint density at radius 2 is 1.91 bits per heavy atom. The van der Waals surface area contributed by atoms with Gasteiger partial charge in [-0.25, -0.2) is 0 Å². The van der Waals surface area contributed by atoms with Gasteiger partial charge >= 0.3 is 6.18 Å². The number of furan rings is 1. The first-order valence-corrected chi connectivity index (χ1v) is 6.85. The molecule has 1 heterocycles. The van der Waals surface area contributed by atoms with E-state index in [1.54, 1.807) is 0 Å². The number of amides is 1. The van der Waals surface area contributed by atoms with Crippen LogP contribution in [0.3, 0.4) is 0 Å². The highest BCUT2D eigenvalue weighted by Gasteiger charge is 2.34. The summed E-state index contributed by atoms with van der Waals surface area (Å²) in [5.74, 6) is -0.565. The highest BCUT2D eigenvalue weighted by atomic mass is 35.5. The number of rotatable bonds is 4. The van der Waals surface area contributed by atoms with Crippen molar-refractivity contribution in [1.82, 2.24) is 4.90 Å². The van der Waals surface area contributed by atoms with E-state index in [0.29, 0.717) is 4.90 Å².